The highest BCUT2D eigenvalue weighted by Gasteiger charge is 1.90. The smallest absolute Gasteiger partial charge is 0.114 e. The van der Waals surface area contributed by atoms with Crippen molar-refractivity contribution in [1.82, 2.24) is 0 Å². The fourth-order valence-electron chi connectivity index (χ4n) is 0.762. The van der Waals surface area contributed by atoms with Gasteiger partial charge in [-0.25, -0.2) is 0 Å². The zero-order chi connectivity index (χ0) is 8.10. The number of para-hydroxylation sites is 1. The van der Waals surface area contributed by atoms with E-state index in [0.717, 1.165) is 11.3 Å². The first kappa shape index (κ1) is 7.99. The number of halogens is 1. The molecule has 0 aliphatic rings. The predicted octanol–water partition coefficient (Wildman–Crippen LogP) is 2.95. The van der Waals surface area contributed by atoms with Crippen LogP contribution < -0.4 is 0 Å². The molecule has 56 valence electrons. The Labute approximate surface area is 70.4 Å². The quantitative estimate of drug-likeness (QED) is 0.573. The Bertz CT molecular complexity index is 301. The van der Waals surface area contributed by atoms with Crippen LogP contribution in [0.3, 0.4) is 0 Å². The van der Waals surface area contributed by atoms with Crippen LogP contribution in [0.5, 0.6) is 0 Å². The second-order valence-corrected chi connectivity index (χ2v) is 2.25. The van der Waals surface area contributed by atoms with Gasteiger partial charge in [-0.2, -0.15) is 4.99 Å². The van der Waals surface area contributed by atoms with Crippen LogP contribution in [-0.2, 0) is 0 Å². The lowest BCUT2D eigenvalue weighted by Gasteiger charge is -1.93. The van der Waals surface area contributed by atoms with Gasteiger partial charge in [0.15, 0.2) is 0 Å². The molecule has 0 spiro atoms. The third-order valence-electron chi connectivity index (χ3n) is 1.32. The van der Waals surface area contributed by atoms with Crippen molar-refractivity contribution in [2.75, 3.05) is 0 Å². The van der Waals surface area contributed by atoms with Gasteiger partial charge in [0.25, 0.3) is 0 Å². The normalized spacial score (nSPS) is 8.55. The van der Waals surface area contributed by atoms with Crippen molar-refractivity contribution >= 4 is 23.5 Å². The van der Waals surface area contributed by atoms with Gasteiger partial charge in [-0.1, -0.05) is 18.2 Å². The average molecular weight is 167 g/mol. The summed E-state index contributed by atoms with van der Waals surface area (Å²) < 4.78 is 3.13. The summed E-state index contributed by atoms with van der Waals surface area (Å²) in [6, 6.07) is 10.0. The highest BCUT2D eigenvalue weighted by molar-refractivity contribution is 6.16. The van der Waals surface area contributed by atoms with Crippen LogP contribution in [0.4, 0.5) is 5.69 Å². The molecule has 0 aromatic heterocycles. The highest BCUT2D eigenvalue weighted by atomic mass is 35.5. The summed E-state index contributed by atoms with van der Waals surface area (Å²) in [6.07, 6.45) is 0. The number of hydrogen-bond donors (Lipinski definition) is 0. The predicted molar refractivity (Wildman–Crippen MR) is 46.6 cm³/mol. The van der Waals surface area contributed by atoms with Gasteiger partial charge in [-0.15, -0.1) is 4.51 Å². The SMILES string of the molecule is Cc1ccccc1N=C=NCl. The van der Waals surface area contributed by atoms with E-state index in [0.29, 0.717) is 0 Å². The number of benzene rings is 1. The minimum Gasteiger partial charge on any atom is -0.186 e. The molecule has 0 heterocycles. The van der Waals surface area contributed by atoms with Crippen molar-refractivity contribution in [3.8, 4) is 0 Å². The van der Waals surface area contributed by atoms with Crippen molar-refractivity contribution in [1.29, 1.82) is 0 Å². The van der Waals surface area contributed by atoms with Gasteiger partial charge in [0.05, 0.1) is 5.69 Å². The number of hydrogen-bond acceptors (Lipinski definition) is 2. The van der Waals surface area contributed by atoms with Gasteiger partial charge in [0.1, 0.15) is 6.01 Å². The van der Waals surface area contributed by atoms with E-state index in [2.05, 4.69) is 15.5 Å². The molecule has 0 amide bonds. The molecule has 0 N–H and O–H groups in total. The molecule has 0 atom stereocenters. The first-order valence-electron chi connectivity index (χ1n) is 3.17. The molecule has 0 aliphatic heterocycles. The Hall–Kier alpha value is -1.11. The van der Waals surface area contributed by atoms with E-state index in [9.17, 15) is 0 Å². The van der Waals surface area contributed by atoms with E-state index in [4.69, 9.17) is 11.8 Å². The van der Waals surface area contributed by atoms with Crippen LogP contribution in [0.1, 0.15) is 5.56 Å². The van der Waals surface area contributed by atoms with E-state index in [1.54, 1.807) is 0 Å². The molecule has 1 aromatic rings. The van der Waals surface area contributed by atoms with Crippen LogP contribution in [0.25, 0.3) is 0 Å². The molecule has 0 bridgehead atoms. The lowest BCUT2D eigenvalue weighted by molar-refractivity contribution is 1.41. The maximum Gasteiger partial charge on any atom is 0.114 e. The number of aryl methyl sites for hydroxylation is 1. The minimum absolute atomic E-state index is 0.844. The zero-order valence-corrected chi connectivity index (χ0v) is 6.84. The van der Waals surface area contributed by atoms with E-state index in [1.807, 2.05) is 31.2 Å². The largest absolute Gasteiger partial charge is 0.186 e. The Morgan fingerprint density at radius 1 is 1.36 bits per heavy atom. The Balaban J connectivity index is 3.04. The van der Waals surface area contributed by atoms with Gasteiger partial charge < -0.3 is 0 Å². The van der Waals surface area contributed by atoms with Crippen LogP contribution in [0.2, 0.25) is 0 Å². The Kier molecular flexibility index (Phi) is 2.84. The zero-order valence-electron chi connectivity index (χ0n) is 6.08. The fourth-order valence-corrected chi connectivity index (χ4v) is 0.799. The van der Waals surface area contributed by atoms with Crippen molar-refractivity contribution in [3.63, 3.8) is 0 Å². The number of rotatable bonds is 1. The van der Waals surface area contributed by atoms with E-state index in [1.165, 1.54) is 0 Å². The van der Waals surface area contributed by atoms with Crippen LogP contribution in [-0.4, -0.2) is 6.01 Å². The van der Waals surface area contributed by atoms with Crippen LogP contribution in [0, 0.1) is 6.92 Å². The summed E-state index contributed by atoms with van der Waals surface area (Å²) in [5.74, 6) is 0. The summed E-state index contributed by atoms with van der Waals surface area (Å²) >= 11 is 5.02. The van der Waals surface area contributed by atoms with E-state index in [-0.39, 0.29) is 0 Å². The molecule has 3 heteroatoms. The molecule has 0 aliphatic carbocycles. The third-order valence-corrected chi connectivity index (χ3v) is 1.40. The molecule has 1 rings (SSSR count). The summed E-state index contributed by atoms with van der Waals surface area (Å²) in [5.41, 5.74) is 1.93. The van der Waals surface area contributed by atoms with Crippen molar-refractivity contribution < 1.29 is 0 Å². The first-order valence-corrected chi connectivity index (χ1v) is 3.51. The summed E-state index contributed by atoms with van der Waals surface area (Å²) in [5, 5.41) is 0. The van der Waals surface area contributed by atoms with Crippen molar-refractivity contribution in [2.24, 2.45) is 9.50 Å². The molecule has 0 saturated heterocycles. The van der Waals surface area contributed by atoms with Gasteiger partial charge in [0.2, 0.25) is 0 Å². The lowest BCUT2D eigenvalue weighted by atomic mass is 10.2. The van der Waals surface area contributed by atoms with Gasteiger partial charge in [-0.3, -0.25) is 0 Å². The molecular formula is C8H7ClN2. The maximum absolute atomic E-state index is 5.02. The van der Waals surface area contributed by atoms with Crippen LogP contribution in [0.15, 0.2) is 33.8 Å². The van der Waals surface area contributed by atoms with Gasteiger partial charge in [0, 0.05) is 11.8 Å². The Morgan fingerprint density at radius 3 is 2.73 bits per heavy atom. The molecule has 11 heavy (non-hydrogen) atoms. The van der Waals surface area contributed by atoms with Gasteiger partial charge >= 0.3 is 0 Å². The standard InChI is InChI=1S/C8H7ClN2/c1-7-4-2-3-5-8(7)10-6-11-9/h2-5H,1H3. The molecule has 2 nitrogen and oxygen atoms in total. The maximum atomic E-state index is 5.02. The van der Waals surface area contributed by atoms with Crippen LogP contribution >= 0.6 is 11.8 Å². The van der Waals surface area contributed by atoms with Gasteiger partial charge in [-0.05, 0) is 18.6 Å². The molecule has 0 saturated carbocycles. The highest BCUT2D eigenvalue weighted by Crippen LogP contribution is 2.15. The molecule has 0 unspecified atom stereocenters. The monoisotopic (exact) mass is 166 g/mol. The van der Waals surface area contributed by atoms with E-state index < -0.39 is 0 Å². The number of nitrogens with zero attached hydrogens (tertiary/aromatic N) is 2. The van der Waals surface area contributed by atoms with E-state index >= 15 is 0 Å². The molecule has 1 aromatic carbocycles. The Morgan fingerprint density at radius 2 is 2.09 bits per heavy atom. The topological polar surface area (TPSA) is 24.7 Å². The molecule has 0 radical (unpaired) electrons. The summed E-state index contributed by atoms with van der Waals surface area (Å²) in [7, 11) is 0. The minimum atomic E-state index is 0.844. The summed E-state index contributed by atoms with van der Waals surface area (Å²) in [6.45, 7) is 1.97. The lowest BCUT2D eigenvalue weighted by Crippen LogP contribution is -1.70. The van der Waals surface area contributed by atoms with Crippen molar-refractivity contribution in [3.05, 3.63) is 29.8 Å². The average Bonchev–Trinajstić information content (AvgIpc) is 2.03. The van der Waals surface area contributed by atoms with Crippen molar-refractivity contribution in [2.45, 2.75) is 6.92 Å². The molecular weight excluding hydrogens is 160 g/mol. The summed E-state index contributed by atoms with van der Waals surface area (Å²) in [4.78, 5) is 3.88. The molecule has 0 fully saturated rings. The second kappa shape index (κ2) is 3.91. The number of aliphatic imine (C=N–C) groups is 1. The second-order valence-electron chi connectivity index (χ2n) is 2.08. The third kappa shape index (κ3) is 2.19. The first-order chi connectivity index (χ1) is 5.34. The fraction of sp³-hybridized carbons (Fsp3) is 0.125.